The molecule has 2 aromatic rings. The summed E-state index contributed by atoms with van der Waals surface area (Å²) in [6, 6.07) is 8.96. The van der Waals surface area contributed by atoms with Crippen LogP contribution in [0.1, 0.15) is 28.0 Å². The van der Waals surface area contributed by atoms with E-state index in [1.54, 1.807) is 18.2 Å². The molecule has 3 rings (SSSR count). The second-order valence-electron chi connectivity index (χ2n) is 4.44. The Hall–Kier alpha value is -1.87. The lowest BCUT2D eigenvalue weighted by Crippen LogP contribution is -2.14. The maximum absolute atomic E-state index is 12.4. The topological polar surface area (TPSA) is 39.2 Å². The molecule has 0 unspecified atom stereocenters. The Bertz CT molecular complexity index is 623. The van der Waals surface area contributed by atoms with E-state index in [9.17, 15) is 4.79 Å². The van der Waals surface area contributed by atoms with Crippen molar-refractivity contribution in [1.29, 1.82) is 0 Å². The number of hydrogen-bond donors (Lipinski definition) is 0. The monoisotopic (exact) mass is 273 g/mol. The van der Waals surface area contributed by atoms with Crippen molar-refractivity contribution in [2.24, 2.45) is 0 Å². The van der Waals surface area contributed by atoms with E-state index < -0.39 is 0 Å². The first-order valence-electron chi connectivity index (χ1n) is 6.16. The number of pyridine rings is 1. The van der Waals surface area contributed by atoms with Crippen LogP contribution in [-0.4, -0.2) is 17.4 Å². The molecule has 1 aliphatic rings. The van der Waals surface area contributed by atoms with Crippen molar-refractivity contribution in [3.05, 3.63) is 58.4 Å². The summed E-state index contributed by atoms with van der Waals surface area (Å²) in [6.07, 6.45) is 3.42. The van der Waals surface area contributed by atoms with Crippen LogP contribution in [0.3, 0.4) is 0 Å². The van der Waals surface area contributed by atoms with E-state index in [-0.39, 0.29) is 5.78 Å². The fraction of sp³-hybridized carbons (Fsp3) is 0.200. The van der Waals surface area contributed by atoms with Gasteiger partial charge < -0.3 is 4.74 Å². The van der Waals surface area contributed by atoms with Crippen LogP contribution < -0.4 is 4.74 Å². The summed E-state index contributed by atoms with van der Waals surface area (Å²) in [7, 11) is 0. The lowest BCUT2D eigenvalue weighted by Gasteiger charge is -2.19. The number of ether oxygens (including phenoxy) is 1. The Labute approximate surface area is 116 Å². The van der Waals surface area contributed by atoms with Gasteiger partial charge in [0.05, 0.1) is 17.2 Å². The summed E-state index contributed by atoms with van der Waals surface area (Å²) in [5.74, 6) is 0.575. The molecule has 0 saturated heterocycles. The third kappa shape index (κ3) is 2.34. The van der Waals surface area contributed by atoms with Crippen LogP contribution in [0.5, 0.6) is 5.75 Å². The highest BCUT2D eigenvalue weighted by molar-refractivity contribution is 6.30. The number of nitrogens with zero attached hydrogens (tertiary/aromatic N) is 1. The Morgan fingerprint density at radius 1 is 1.26 bits per heavy atom. The molecule has 0 radical (unpaired) electrons. The van der Waals surface area contributed by atoms with Crippen molar-refractivity contribution in [2.45, 2.75) is 12.8 Å². The van der Waals surface area contributed by atoms with E-state index >= 15 is 0 Å². The highest BCUT2D eigenvalue weighted by atomic mass is 35.5. The van der Waals surface area contributed by atoms with Crippen molar-refractivity contribution in [3.8, 4) is 5.75 Å². The van der Waals surface area contributed by atoms with Crippen molar-refractivity contribution in [2.75, 3.05) is 6.61 Å². The van der Waals surface area contributed by atoms with Crippen molar-refractivity contribution >= 4 is 17.4 Å². The third-order valence-corrected chi connectivity index (χ3v) is 3.36. The number of benzene rings is 1. The Morgan fingerprint density at radius 3 is 2.95 bits per heavy atom. The first-order valence-corrected chi connectivity index (χ1v) is 6.54. The Balaban J connectivity index is 2.02. The van der Waals surface area contributed by atoms with E-state index in [1.807, 2.05) is 12.1 Å². The van der Waals surface area contributed by atoms with Gasteiger partial charge in [-0.2, -0.15) is 0 Å². The van der Waals surface area contributed by atoms with Crippen LogP contribution in [0.25, 0.3) is 0 Å². The Kier molecular flexibility index (Phi) is 3.22. The summed E-state index contributed by atoms with van der Waals surface area (Å²) in [6.45, 7) is 0.658. The fourth-order valence-corrected chi connectivity index (χ4v) is 2.33. The Morgan fingerprint density at radius 2 is 2.16 bits per heavy atom. The van der Waals surface area contributed by atoms with Crippen LogP contribution in [-0.2, 0) is 6.42 Å². The molecule has 0 saturated carbocycles. The molecule has 19 heavy (non-hydrogen) atoms. The number of aromatic nitrogens is 1. The highest BCUT2D eigenvalue weighted by Gasteiger charge is 2.20. The molecule has 0 spiro atoms. The highest BCUT2D eigenvalue weighted by Crippen LogP contribution is 2.30. The van der Waals surface area contributed by atoms with Crippen LogP contribution in [0.2, 0.25) is 5.02 Å². The SMILES string of the molecule is O=C(c1ccc(Cl)cn1)c1cccc2c1OCCC2. The molecule has 0 aliphatic carbocycles. The zero-order valence-electron chi connectivity index (χ0n) is 10.2. The van der Waals surface area contributed by atoms with Gasteiger partial charge in [-0.3, -0.25) is 9.78 Å². The number of fused-ring (bicyclic) bond motifs is 1. The van der Waals surface area contributed by atoms with Crippen LogP contribution in [0, 0.1) is 0 Å². The molecule has 0 bridgehead atoms. The van der Waals surface area contributed by atoms with Gasteiger partial charge in [-0.05, 0) is 36.6 Å². The number of carbonyl (C=O) groups is 1. The normalized spacial score (nSPS) is 13.5. The second-order valence-corrected chi connectivity index (χ2v) is 4.87. The maximum Gasteiger partial charge on any atom is 0.215 e. The molecule has 0 fully saturated rings. The minimum atomic E-state index is -0.129. The minimum absolute atomic E-state index is 0.129. The van der Waals surface area contributed by atoms with Gasteiger partial charge in [-0.1, -0.05) is 23.7 Å². The first kappa shape index (κ1) is 12.2. The summed E-state index contributed by atoms with van der Waals surface area (Å²) in [5.41, 5.74) is 2.05. The van der Waals surface area contributed by atoms with E-state index in [0.29, 0.717) is 28.6 Å². The number of rotatable bonds is 2. The quantitative estimate of drug-likeness (QED) is 0.788. The molecular weight excluding hydrogens is 262 g/mol. The third-order valence-electron chi connectivity index (χ3n) is 3.14. The van der Waals surface area contributed by atoms with Gasteiger partial charge >= 0.3 is 0 Å². The molecule has 0 amide bonds. The molecule has 1 aliphatic heterocycles. The molecule has 4 heteroatoms. The average molecular weight is 274 g/mol. The number of ketones is 1. The average Bonchev–Trinajstić information content (AvgIpc) is 2.47. The number of para-hydroxylation sites is 1. The molecule has 0 atom stereocenters. The van der Waals surface area contributed by atoms with E-state index in [0.717, 1.165) is 18.4 Å². The number of aryl methyl sites for hydroxylation is 1. The smallest absolute Gasteiger partial charge is 0.215 e. The largest absolute Gasteiger partial charge is 0.493 e. The van der Waals surface area contributed by atoms with E-state index in [1.165, 1.54) is 6.20 Å². The molecule has 3 nitrogen and oxygen atoms in total. The van der Waals surface area contributed by atoms with Gasteiger partial charge in [0.25, 0.3) is 0 Å². The van der Waals surface area contributed by atoms with Gasteiger partial charge in [0.15, 0.2) is 0 Å². The van der Waals surface area contributed by atoms with Crippen LogP contribution >= 0.6 is 11.6 Å². The van der Waals surface area contributed by atoms with Crippen LogP contribution in [0.15, 0.2) is 36.5 Å². The number of halogens is 1. The van der Waals surface area contributed by atoms with Gasteiger partial charge in [-0.25, -0.2) is 0 Å². The lowest BCUT2D eigenvalue weighted by atomic mass is 9.99. The van der Waals surface area contributed by atoms with Crippen molar-refractivity contribution in [1.82, 2.24) is 4.98 Å². The first-order chi connectivity index (χ1) is 9.25. The van der Waals surface area contributed by atoms with Gasteiger partial charge in [0.2, 0.25) is 5.78 Å². The summed E-state index contributed by atoms with van der Waals surface area (Å²) in [5, 5.41) is 0.517. The van der Waals surface area contributed by atoms with Gasteiger partial charge in [-0.15, -0.1) is 0 Å². The van der Waals surface area contributed by atoms with Crippen molar-refractivity contribution in [3.63, 3.8) is 0 Å². The summed E-state index contributed by atoms with van der Waals surface area (Å²) in [4.78, 5) is 16.5. The maximum atomic E-state index is 12.4. The van der Waals surface area contributed by atoms with Gasteiger partial charge in [0, 0.05) is 6.20 Å². The molecule has 1 aromatic carbocycles. The lowest BCUT2D eigenvalue weighted by molar-refractivity contribution is 0.102. The summed E-state index contributed by atoms with van der Waals surface area (Å²) >= 11 is 5.78. The van der Waals surface area contributed by atoms with Gasteiger partial charge in [0.1, 0.15) is 11.4 Å². The number of hydrogen-bond acceptors (Lipinski definition) is 3. The molecule has 1 aromatic heterocycles. The summed E-state index contributed by atoms with van der Waals surface area (Å²) < 4.78 is 5.65. The number of carbonyl (C=O) groups excluding carboxylic acids is 1. The zero-order chi connectivity index (χ0) is 13.2. The molecular formula is C15H12ClNO2. The molecule has 0 N–H and O–H groups in total. The zero-order valence-corrected chi connectivity index (χ0v) is 11.0. The molecule has 2 heterocycles. The van der Waals surface area contributed by atoms with Crippen LogP contribution in [0.4, 0.5) is 0 Å². The predicted molar refractivity (Wildman–Crippen MR) is 72.9 cm³/mol. The van der Waals surface area contributed by atoms with E-state index in [4.69, 9.17) is 16.3 Å². The minimum Gasteiger partial charge on any atom is -0.493 e. The predicted octanol–water partition coefficient (Wildman–Crippen LogP) is 3.29. The standard InChI is InChI=1S/C15H12ClNO2/c16-11-6-7-13(17-9-11)14(18)12-5-1-3-10-4-2-8-19-15(10)12/h1,3,5-7,9H,2,4,8H2. The van der Waals surface area contributed by atoms with Crippen molar-refractivity contribution < 1.29 is 9.53 Å². The second kappa shape index (κ2) is 5.02. The van der Waals surface area contributed by atoms with E-state index in [2.05, 4.69) is 4.98 Å². The molecule has 96 valence electrons. The fourth-order valence-electron chi connectivity index (χ4n) is 2.22.